The Balaban J connectivity index is 1.56. The van der Waals surface area contributed by atoms with Crippen LogP contribution in [0.2, 0.25) is 0 Å². The molecule has 0 radical (unpaired) electrons. The lowest BCUT2D eigenvalue weighted by atomic mass is 9.59. The van der Waals surface area contributed by atoms with Gasteiger partial charge in [-0.15, -0.1) is 0 Å². The number of benzene rings is 5. The maximum absolute atomic E-state index is 15.8. The number of anilines is 1. The van der Waals surface area contributed by atoms with Gasteiger partial charge in [0, 0.05) is 4.47 Å². The molecule has 8 rings (SSSR count). The van der Waals surface area contributed by atoms with Gasteiger partial charge >= 0.3 is 0 Å². The number of hydrogen-bond acceptors (Lipinski definition) is 3. The minimum atomic E-state index is -1.40. The molecule has 1 heterocycles. The highest BCUT2D eigenvalue weighted by atomic mass is 79.9. The zero-order chi connectivity index (χ0) is 30.1. The van der Waals surface area contributed by atoms with E-state index < -0.39 is 22.7 Å². The molecule has 2 amide bonds. The Hall–Kier alpha value is -4.87. The van der Waals surface area contributed by atoms with Crippen LogP contribution in [0.1, 0.15) is 22.3 Å². The molecule has 5 heteroatoms. The summed E-state index contributed by atoms with van der Waals surface area (Å²) in [4.78, 5) is 47.0. The molecular formula is C39H26BrNO3. The third-order valence-corrected chi connectivity index (χ3v) is 10.1. The predicted octanol–water partition coefficient (Wildman–Crippen LogP) is 7.64. The molecule has 2 bridgehead atoms. The average Bonchev–Trinajstić information content (AvgIpc) is 3.58. The molecule has 1 saturated heterocycles. The Bertz CT molecular complexity index is 1870. The van der Waals surface area contributed by atoms with Crippen molar-refractivity contribution in [2.45, 2.75) is 10.8 Å². The van der Waals surface area contributed by atoms with E-state index in [-0.39, 0.29) is 17.6 Å². The van der Waals surface area contributed by atoms with E-state index in [4.69, 9.17) is 0 Å². The summed E-state index contributed by atoms with van der Waals surface area (Å²) in [6, 6.07) is 46.2. The molecule has 1 saturated carbocycles. The summed E-state index contributed by atoms with van der Waals surface area (Å²) in [6.07, 6.45) is 0. The zero-order valence-electron chi connectivity index (χ0n) is 23.6. The minimum Gasteiger partial charge on any atom is -0.297 e. The monoisotopic (exact) mass is 635 g/mol. The first-order chi connectivity index (χ1) is 21.5. The maximum Gasteiger partial charge on any atom is 0.239 e. The standard InChI is InChI=1S/C39H26BrNO3/c40-29-22-13-23-30(24-29)41-35(42)33-34(36(41)43)39(28-20-11-4-12-21-28)32(26-16-7-2-8-17-26)31(25-14-5-1-6-15-25)38(33,37(39)44)27-18-9-3-10-19-27/h1-24,33-34H/t33-,34-,38-,39-/m0/s1. The van der Waals surface area contributed by atoms with Crippen molar-refractivity contribution in [3.8, 4) is 0 Å². The number of carbonyl (C=O) groups excluding carboxylic acids is 3. The summed E-state index contributed by atoms with van der Waals surface area (Å²) in [6.45, 7) is 0. The Morgan fingerprint density at radius 3 is 1.32 bits per heavy atom. The number of allylic oxidation sites excluding steroid dienone is 2. The van der Waals surface area contributed by atoms with Gasteiger partial charge in [0.15, 0.2) is 5.78 Å². The zero-order valence-corrected chi connectivity index (χ0v) is 25.1. The number of amides is 2. The van der Waals surface area contributed by atoms with Crippen LogP contribution in [0.15, 0.2) is 150 Å². The molecule has 0 N–H and O–H groups in total. The number of fused-ring (bicyclic) bond motifs is 5. The van der Waals surface area contributed by atoms with Crippen LogP contribution in [0.4, 0.5) is 5.69 Å². The van der Waals surface area contributed by atoms with E-state index >= 15 is 4.79 Å². The number of imide groups is 1. The minimum absolute atomic E-state index is 0.120. The van der Waals surface area contributed by atoms with Gasteiger partial charge in [-0.25, -0.2) is 4.90 Å². The fourth-order valence-electron chi connectivity index (χ4n) is 8.20. The molecule has 4 atom stereocenters. The van der Waals surface area contributed by atoms with Gasteiger partial charge in [-0.1, -0.05) is 143 Å². The van der Waals surface area contributed by atoms with Gasteiger partial charge in [-0.3, -0.25) is 14.4 Å². The van der Waals surface area contributed by atoms with E-state index in [0.29, 0.717) is 5.69 Å². The van der Waals surface area contributed by atoms with Crippen LogP contribution in [0.25, 0.3) is 11.1 Å². The lowest BCUT2D eigenvalue weighted by Gasteiger charge is -2.39. The van der Waals surface area contributed by atoms with Crippen LogP contribution in [-0.2, 0) is 25.2 Å². The third-order valence-electron chi connectivity index (χ3n) is 9.64. The average molecular weight is 637 g/mol. The molecule has 212 valence electrons. The quantitative estimate of drug-likeness (QED) is 0.187. The van der Waals surface area contributed by atoms with Crippen molar-refractivity contribution in [3.05, 3.63) is 172 Å². The Morgan fingerprint density at radius 2 is 0.909 bits per heavy atom. The summed E-state index contributed by atoms with van der Waals surface area (Å²) in [5, 5.41) is 0. The van der Waals surface area contributed by atoms with Crippen LogP contribution in [0.3, 0.4) is 0 Å². The van der Waals surface area contributed by atoms with Gasteiger partial charge in [0.25, 0.3) is 0 Å². The first-order valence-electron chi connectivity index (χ1n) is 14.7. The highest BCUT2D eigenvalue weighted by Gasteiger charge is 2.82. The van der Waals surface area contributed by atoms with Gasteiger partial charge in [-0.05, 0) is 51.6 Å². The Labute approximate surface area is 263 Å². The number of rotatable bonds is 5. The van der Waals surface area contributed by atoms with Crippen molar-refractivity contribution in [2.24, 2.45) is 11.8 Å². The van der Waals surface area contributed by atoms with E-state index in [1.165, 1.54) is 4.90 Å². The van der Waals surface area contributed by atoms with Crippen LogP contribution < -0.4 is 4.90 Å². The van der Waals surface area contributed by atoms with Crippen molar-refractivity contribution in [2.75, 3.05) is 4.90 Å². The van der Waals surface area contributed by atoms with Crippen molar-refractivity contribution in [3.63, 3.8) is 0 Å². The van der Waals surface area contributed by atoms with Gasteiger partial charge < -0.3 is 0 Å². The van der Waals surface area contributed by atoms with Crippen LogP contribution in [-0.4, -0.2) is 17.6 Å². The van der Waals surface area contributed by atoms with Crippen LogP contribution in [0, 0.1) is 11.8 Å². The van der Waals surface area contributed by atoms with Crippen molar-refractivity contribution >= 4 is 50.4 Å². The second kappa shape index (κ2) is 9.83. The predicted molar refractivity (Wildman–Crippen MR) is 175 cm³/mol. The molecule has 2 aliphatic carbocycles. The Morgan fingerprint density at radius 1 is 0.500 bits per heavy atom. The summed E-state index contributed by atoms with van der Waals surface area (Å²) < 4.78 is 0.760. The largest absolute Gasteiger partial charge is 0.297 e. The topological polar surface area (TPSA) is 54.5 Å². The van der Waals surface area contributed by atoms with E-state index in [1.807, 2.05) is 133 Å². The van der Waals surface area contributed by atoms with E-state index in [0.717, 1.165) is 37.9 Å². The molecule has 0 aromatic heterocycles. The van der Waals surface area contributed by atoms with Crippen molar-refractivity contribution in [1.29, 1.82) is 0 Å². The first-order valence-corrected chi connectivity index (χ1v) is 15.5. The fraction of sp³-hybridized carbons (Fsp3) is 0.103. The Kier molecular flexibility index (Phi) is 5.97. The van der Waals surface area contributed by atoms with Gasteiger partial charge in [0.05, 0.1) is 28.4 Å². The molecule has 2 fully saturated rings. The number of ketones is 1. The molecule has 5 aromatic carbocycles. The summed E-state index contributed by atoms with van der Waals surface area (Å²) >= 11 is 3.52. The molecule has 1 aliphatic heterocycles. The second-order valence-corrected chi connectivity index (χ2v) is 12.5. The lowest BCUT2D eigenvalue weighted by molar-refractivity contribution is -0.130. The third kappa shape index (κ3) is 3.30. The molecule has 3 aliphatic rings. The van der Waals surface area contributed by atoms with E-state index in [9.17, 15) is 9.59 Å². The molecule has 4 nitrogen and oxygen atoms in total. The van der Waals surface area contributed by atoms with Crippen LogP contribution >= 0.6 is 15.9 Å². The molecule has 0 spiro atoms. The van der Waals surface area contributed by atoms with Crippen molar-refractivity contribution in [1.82, 2.24) is 0 Å². The smallest absolute Gasteiger partial charge is 0.239 e. The van der Waals surface area contributed by atoms with Crippen LogP contribution in [0.5, 0.6) is 0 Å². The number of nitrogens with zero attached hydrogens (tertiary/aromatic N) is 1. The van der Waals surface area contributed by atoms with Gasteiger partial charge in [0.1, 0.15) is 0 Å². The SMILES string of the molecule is O=C1[C@@H]2[C@@H](C(=O)N1c1cccc(Br)c1)[C@@]1(c3ccccc3)C(=O)[C@@]2(c2ccccc2)C(c2ccccc2)=C1c1ccccc1. The molecule has 5 aromatic rings. The second-order valence-electron chi connectivity index (χ2n) is 11.6. The van der Waals surface area contributed by atoms with Gasteiger partial charge in [0.2, 0.25) is 11.8 Å². The lowest BCUT2D eigenvalue weighted by Crippen LogP contribution is -2.45. The highest BCUT2D eigenvalue weighted by Crippen LogP contribution is 2.74. The summed E-state index contributed by atoms with van der Waals surface area (Å²) in [7, 11) is 0. The highest BCUT2D eigenvalue weighted by molar-refractivity contribution is 9.10. The van der Waals surface area contributed by atoms with E-state index in [1.54, 1.807) is 12.1 Å². The number of Topliss-reactive ketones (excluding diaryl/α,β-unsaturated/α-hetero) is 1. The normalized spacial score (nSPS) is 25.6. The number of carbonyl (C=O) groups is 3. The number of halogens is 1. The summed E-state index contributed by atoms with van der Waals surface area (Å²) in [5.41, 5.74) is 2.45. The van der Waals surface area contributed by atoms with E-state index in [2.05, 4.69) is 15.9 Å². The molecule has 0 unspecified atom stereocenters. The maximum atomic E-state index is 15.8. The fourth-order valence-corrected chi connectivity index (χ4v) is 8.59. The van der Waals surface area contributed by atoms with Crippen molar-refractivity contribution < 1.29 is 14.4 Å². The first kappa shape index (κ1) is 26.7. The molecule has 44 heavy (non-hydrogen) atoms. The van der Waals surface area contributed by atoms with Gasteiger partial charge in [-0.2, -0.15) is 0 Å². The summed E-state index contributed by atoms with van der Waals surface area (Å²) in [5.74, 6) is -2.70. The number of hydrogen-bond donors (Lipinski definition) is 0. The molecular weight excluding hydrogens is 610 g/mol.